The van der Waals surface area contributed by atoms with Gasteiger partial charge in [0, 0.05) is 6.42 Å². The van der Waals surface area contributed by atoms with E-state index in [1.165, 1.54) is 12.1 Å². The van der Waals surface area contributed by atoms with Crippen molar-refractivity contribution in [2.75, 3.05) is 12.4 Å². The third-order valence-corrected chi connectivity index (χ3v) is 6.84. The number of carbonyl (C=O) groups is 1. The van der Waals surface area contributed by atoms with Gasteiger partial charge in [-0.15, -0.1) is 0 Å². The number of rotatable bonds is 7. The van der Waals surface area contributed by atoms with Crippen LogP contribution in [-0.2, 0) is 20.8 Å². The summed E-state index contributed by atoms with van der Waals surface area (Å²) >= 11 is 0. The number of benzene rings is 1. The molecule has 1 amide bonds. The molecule has 9 heteroatoms. The molecule has 1 aromatic carbocycles. The lowest BCUT2D eigenvalue weighted by Crippen LogP contribution is -2.33. The van der Waals surface area contributed by atoms with Crippen LogP contribution in [0.4, 0.5) is 13.2 Å². The fourth-order valence-electron chi connectivity index (χ4n) is 3.05. The van der Waals surface area contributed by atoms with Crippen LogP contribution in [0.15, 0.2) is 24.3 Å². The molecule has 1 fully saturated rings. The van der Waals surface area contributed by atoms with Crippen molar-refractivity contribution in [1.82, 2.24) is 5.32 Å². The first-order valence-electron chi connectivity index (χ1n) is 8.42. The average Bonchev–Trinajstić information content (AvgIpc) is 3.13. The van der Waals surface area contributed by atoms with Gasteiger partial charge in [0.2, 0.25) is 5.91 Å². The van der Waals surface area contributed by atoms with E-state index in [1.54, 1.807) is 0 Å². The molecule has 5 nitrogen and oxygen atoms in total. The Morgan fingerprint density at radius 1 is 1.19 bits per heavy atom. The van der Waals surface area contributed by atoms with Crippen LogP contribution >= 0.6 is 0 Å². The van der Waals surface area contributed by atoms with Crippen molar-refractivity contribution in [2.24, 2.45) is 0 Å². The second-order valence-electron chi connectivity index (χ2n) is 6.45. The Morgan fingerprint density at radius 2 is 1.77 bits per heavy atom. The molecule has 1 aromatic rings. The maximum absolute atomic E-state index is 12.6. The Kier molecular flexibility index (Phi) is 6.68. The number of hydrogen-bond acceptors (Lipinski definition) is 4. The van der Waals surface area contributed by atoms with Gasteiger partial charge >= 0.3 is 6.18 Å². The number of halogens is 3. The second-order valence-corrected chi connectivity index (χ2v) is 8.85. The van der Waals surface area contributed by atoms with Crippen molar-refractivity contribution in [3.05, 3.63) is 35.4 Å². The molecule has 0 aromatic heterocycles. The first-order valence-corrected chi connectivity index (χ1v) is 10.1. The molecule has 1 aliphatic carbocycles. The number of aliphatic hydroxyl groups excluding tert-OH is 1. The lowest BCUT2D eigenvalue weighted by atomic mass is 10.0. The highest BCUT2D eigenvalue weighted by Gasteiger charge is 2.31. The van der Waals surface area contributed by atoms with Crippen LogP contribution < -0.4 is 5.32 Å². The molecule has 0 spiro atoms. The summed E-state index contributed by atoms with van der Waals surface area (Å²) in [4.78, 5) is 12.0. The summed E-state index contributed by atoms with van der Waals surface area (Å²) in [6, 6.07) is 3.21. The normalized spacial score (nSPS) is 17.2. The Morgan fingerprint density at radius 3 is 2.27 bits per heavy atom. The van der Waals surface area contributed by atoms with Crippen LogP contribution in [0.2, 0.25) is 0 Å². The van der Waals surface area contributed by atoms with Gasteiger partial charge in [-0.05, 0) is 30.5 Å². The van der Waals surface area contributed by atoms with E-state index < -0.39 is 40.1 Å². The molecule has 1 saturated carbocycles. The number of nitrogens with one attached hydrogen (secondary N) is 1. The predicted molar refractivity (Wildman–Crippen MR) is 90.1 cm³/mol. The molecular formula is C17H22F3NO4S. The average molecular weight is 393 g/mol. The van der Waals surface area contributed by atoms with E-state index >= 15 is 0 Å². The van der Waals surface area contributed by atoms with Crippen molar-refractivity contribution in [1.29, 1.82) is 0 Å². The van der Waals surface area contributed by atoms with Gasteiger partial charge in [-0.2, -0.15) is 13.2 Å². The first-order chi connectivity index (χ1) is 12.1. The molecule has 0 bridgehead atoms. The smallest absolute Gasteiger partial charge is 0.394 e. The van der Waals surface area contributed by atoms with E-state index in [2.05, 4.69) is 5.32 Å². The van der Waals surface area contributed by atoms with Gasteiger partial charge in [0.05, 0.1) is 29.2 Å². The SMILES string of the molecule is O=C(CCS(=O)(=O)C1CCCC1)NC(CO)c1ccc(C(F)(F)F)cc1. The molecule has 1 atom stereocenters. The van der Waals surface area contributed by atoms with Crippen LogP contribution in [-0.4, -0.2) is 37.0 Å². The lowest BCUT2D eigenvalue weighted by Gasteiger charge is -2.18. The standard InChI is InChI=1S/C17H22F3NO4S/c18-17(19,20)13-7-5-12(6-8-13)15(11-22)21-16(23)9-10-26(24,25)14-3-1-2-4-14/h5-8,14-15,22H,1-4,9-11H2,(H,21,23). The van der Waals surface area contributed by atoms with E-state index in [1.807, 2.05) is 0 Å². The molecule has 2 N–H and O–H groups in total. The molecule has 2 rings (SSSR count). The van der Waals surface area contributed by atoms with Gasteiger partial charge in [0.1, 0.15) is 0 Å². The summed E-state index contributed by atoms with van der Waals surface area (Å²) < 4.78 is 62.0. The Bertz CT molecular complexity index is 711. The largest absolute Gasteiger partial charge is 0.416 e. The highest BCUT2D eigenvalue weighted by atomic mass is 32.2. The summed E-state index contributed by atoms with van der Waals surface area (Å²) in [7, 11) is -3.33. The minimum atomic E-state index is -4.47. The summed E-state index contributed by atoms with van der Waals surface area (Å²) in [5, 5.41) is 11.5. The minimum absolute atomic E-state index is 0.240. The fraction of sp³-hybridized carbons (Fsp3) is 0.588. The van der Waals surface area contributed by atoms with Gasteiger partial charge < -0.3 is 10.4 Å². The molecule has 0 heterocycles. The third kappa shape index (κ3) is 5.44. The maximum atomic E-state index is 12.6. The molecule has 1 unspecified atom stereocenters. The highest BCUT2D eigenvalue weighted by molar-refractivity contribution is 7.92. The third-order valence-electron chi connectivity index (χ3n) is 4.58. The van der Waals surface area contributed by atoms with Gasteiger partial charge in [0.25, 0.3) is 0 Å². The zero-order chi connectivity index (χ0) is 19.4. The van der Waals surface area contributed by atoms with Gasteiger partial charge in [-0.1, -0.05) is 25.0 Å². The number of amides is 1. The van der Waals surface area contributed by atoms with E-state index in [9.17, 15) is 31.5 Å². The second kappa shape index (κ2) is 8.39. The molecule has 146 valence electrons. The van der Waals surface area contributed by atoms with E-state index in [-0.39, 0.29) is 17.4 Å². The molecule has 26 heavy (non-hydrogen) atoms. The van der Waals surface area contributed by atoms with Crippen LogP contribution in [0.25, 0.3) is 0 Å². The molecular weight excluding hydrogens is 371 g/mol. The highest BCUT2D eigenvalue weighted by Crippen LogP contribution is 2.30. The molecule has 0 saturated heterocycles. The topological polar surface area (TPSA) is 83.5 Å². The first kappa shape index (κ1) is 20.7. The van der Waals surface area contributed by atoms with Gasteiger partial charge in [-0.3, -0.25) is 4.79 Å². The summed E-state index contributed by atoms with van der Waals surface area (Å²) in [5.74, 6) is -0.834. The van der Waals surface area contributed by atoms with E-state index in [0.717, 1.165) is 25.0 Å². The van der Waals surface area contributed by atoms with Crippen LogP contribution in [0.3, 0.4) is 0 Å². The quantitative estimate of drug-likeness (QED) is 0.746. The van der Waals surface area contributed by atoms with Crippen LogP contribution in [0.5, 0.6) is 0 Å². The Balaban J connectivity index is 1.93. The zero-order valence-electron chi connectivity index (χ0n) is 14.1. The number of carbonyl (C=O) groups excluding carboxylic acids is 1. The monoisotopic (exact) mass is 393 g/mol. The molecule has 0 aliphatic heterocycles. The van der Waals surface area contributed by atoms with Crippen molar-refractivity contribution in [3.8, 4) is 0 Å². The Hall–Kier alpha value is -1.61. The van der Waals surface area contributed by atoms with E-state index in [0.29, 0.717) is 18.4 Å². The van der Waals surface area contributed by atoms with Crippen LogP contribution in [0.1, 0.15) is 49.3 Å². The number of alkyl halides is 3. The van der Waals surface area contributed by atoms with Crippen molar-refractivity contribution >= 4 is 15.7 Å². The lowest BCUT2D eigenvalue weighted by molar-refractivity contribution is -0.137. The van der Waals surface area contributed by atoms with Gasteiger partial charge in [-0.25, -0.2) is 8.42 Å². The van der Waals surface area contributed by atoms with Gasteiger partial charge in [0.15, 0.2) is 9.84 Å². The van der Waals surface area contributed by atoms with Crippen molar-refractivity contribution in [3.63, 3.8) is 0 Å². The van der Waals surface area contributed by atoms with Crippen molar-refractivity contribution < 1.29 is 31.5 Å². The Labute approximate surface area is 150 Å². The number of sulfone groups is 1. The number of aliphatic hydroxyl groups is 1. The summed E-state index contributed by atoms with van der Waals surface area (Å²) in [6.07, 6.45) is -1.72. The van der Waals surface area contributed by atoms with Crippen LogP contribution in [0, 0.1) is 0 Å². The zero-order valence-corrected chi connectivity index (χ0v) is 14.9. The number of hydrogen-bond donors (Lipinski definition) is 2. The minimum Gasteiger partial charge on any atom is -0.394 e. The maximum Gasteiger partial charge on any atom is 0.416 e. The van der Waals surface area contributed by atoms with E-state index in [4.69, 9.17) is 0 Å². The fourth-order valence-corrected chi connectivity index (χ4v) is 4.91. The molecule has 0 radical (unpaired) electrons. The summed E-state index contributed by atoms with van der Waals surface area (Å²) in [6.45, 7) is -0.507. The predicted octanol–water partition coefficient (Wildman–Crippen LogP) is 2.60. The molecule has 1 aliphatic rings. The summed E-state index contributed by atoms with van der Waals surface area (Å²) in [5.41, 5.74) is -0.514. The van der Waals surface area contributed by atoms with Crippen molar-refractivity contribution in [2.45, 2.75) is 49.6 Å².